The Kier molecular flexibility index (Phi) is 73.1. The molecule has 3 N–H and O–H groups in total. The number of carbonyl (C=O) groups is 4. The van der Waals surface area contributed by atoms with Gasteiger partial charge in [0.2, 0.25) is 0 Å². The van der Waals surface area contributed by atoms with E-state index in [1.54, 1.807) is 0 Å². The predicted molar refractivity (Wildman–Crippen MR) is 418 cm³/mol. The van der Waals surface area contributed by atoms with Gasteiger partial charge in [-0.2, -0.15) is 0 Å². The highest BCUT2D eigenvalue weighted by Crippen LogP contribution is 2.45. The van der Waals surface area contributed by atoms with Crippen molar-refractivity contribution in [3.8, 4) is 0 Å². The Labute approximate surface area is 626 Å². The molecule has 606 valence electrons. The zero-order chi connectivity index (χ0) is 74.9. The first-order chi connectivity index (χ1) is 49.4. The third-order valence-corrected chi connectivity index (χ3v) is 21.4. The number of carbonyl (C=O) groups excluding carboxylic acids is 4. The highest BCUT2D eigenvalue weighted by Gasteiger charge is 2.30. The number of phosphoric ester groups is 2. The number of phosphoric acid groups is 2. The van der Waals surface area contributed by atoms with Gasteiger partial charge >= 0.3 is 39.5 Å². The molecule has 17 nitrogen and oxygen atoms in total. The third kappa shape index (κ3) is 76.3. The Morgan fingerprint density at radius 1 is 0.265 bits per heavy atom. The normalized spacial score (nSPS) is 13.9. The molecule has 0 bridgehead atoms. The maximum absolute atomic E-state index is 13.1. The summed E-state index contributed by atoms with van der Waals surface area (Å²) >= 11 is 0. The molecule has 0 saturated carbocycles. The molecular weight excluding hydrogens is 1330 g/mol. The standard InChI is InChI=1S/C83H162O17P2/c1-7-9-11-13-15-17-19-21-23-25-29-33-37-41-47-53-59-65-80(85)93-71-78(99-82(87)67-62-56-49-43-39-35-31-27-28-32-36-40-45-51-57-63-75(3)4)73-97-101(89,90)95-69-77(84)70-96-102(91,92)98-74-79(72-94-81(86)66-60-54-50-44-46-52-58-64-76(5)6)100-83(88)68-61-55-48-42-38-34-30-26-24-22-20-18-16-14-12-10-8-2/h75-79,84H,7-74H2,1-6H3,(H,89,90)(H,91,92)/t77-,78-,79-/m1/s1. The van der Waals surface area contributed by atoms with Gasteiger partial charge in [0.15, 0.2) is 12.2 Å². The summed E-state index contributed by atoms with van der Waals surface area (Å²) in [5, 5.41) is 10.7. The van der Waals surface area contributed by atoms with Gasteiger partial charge in [-0.3, -0.25) is 37.3 Å². The largest absolute Gasteiger partial charge is 0.472 e. The van der Waals surface area contributed by atoms with Gasteiger partial charge in [-0.05, 0) is 37.5 Å². The van der Waals surface area contributed by atoms with Gasteiger partial charge in [-0.15, -0.1) is 0 Å². The lowest BCUT2D eigenvalue weighted by molar-refractivity contribution is -0.161. The van der Waals surface area contributed by atoms with Crippen LogP contribution in [0.15, 0.2) is 0 Å². The second-order valence-corrected chi connectivity index (χ2v) is 33.7. The Balaban J connectivity index is 5.24. The Morgan fingerprint density at radius 2 is 0.451 bits per heavy atom. The number of hydrogen-bond donors (Lipinski definition) is 3. The van der Waals surface area contributed by atoms with Crippen LogP contribution in [0.5, 0.6) is 0 Å². The van der Waals surface area contributed by atoms with Gasteiger partial charge in [-0.25, -0.2) is 9.13 Å². The second kappa shape index (κ2) is 74.5. The molecule has 19 heteroatoms. The van der Waals surface area contributed by atoms with Crippen molar-refractivity contribution in [1.82, 2.24) is 0 Å². The molecule has 0 aromatic rings. The van der Waals surface area contributed by atoms with E-state index in [0.29, 0.717) is 31.6 Å². The van der Waals surface area contributed by atoms with Crippen LogP contribution in [0.25, 0.3) is 0 Å². The van der Waals surface area contributed by atoms with E-state index in [2.05, 4.69) is 41.5 Å². The first kappa shape index (κ1) is 100. The van der Waals surface area contributed by atoms with Crippen molar-refractivity contribution in [1.29, 1.82) is 0 Å². The molecule has 0 aromatic heterocycles. The maximum Gasteiger partial charge on any atom is 0.472 e. The minimum atomic E-state index is -4.96. The number of rotatable bonds is 82. The molecule has 0 saturated heterocycles. The Hall–Kier alpha value is -1.94. The van der Waals surface area contributed by atoms with Crippen molar-refractivity contribution in [2.75, 3.05) is 39.6 Å². The topological polar surface area (TPSA) is 237 Å². The van der Waals surface area contributed by atoms with E-state index in [4.69, 9.17) is 37.0 Å². The summed E-state index contributed by atoms with van der Waals surface area (Å²) in [4.78, 5) is 73.1. The van der Waals surface area contributed by atoms with E-state index in [9.17, 15) is 43.2 Å². The third-order valence-electron chi connectivity index (χ3n) is 19.5. The van der Waals surface area contributed by atoms with E-state index in [1.165, 1.54) is 250 Å². The molecule has 5 atom stereocenters. The van der Waals surface area contributed by atoms with Crippen LogP contribution < -0.4 is 0 Å². The van der Waals surface area contributed by atoms with E-state index >= 15 is 0 Å². The number of aliphatic hydroxyl groups excluding tert-OH is 1. The van der Waals surface area contributed by atoms with Crippen LogP contribution in [0.4, 0.5) is 0 Å². The molecule has 0 aliphatic rings. The van der Waals surface area contributed by atoms with Crippen LogP contribution >= 0.6 is 15.6 Å². The first-order valence-electron chi connectivity index (χ1n) is 43.0. The van der Waals surface area contributed by atoms with Crippen molar-refractivity contribution < 1.29 is 80.2 Å². The van der Waals surface area contributed by atoms with Gasteiger partial charge in [0.1, 0.15) is 19.3 Å². The number of ether oxygens (including phenoxy) is 4. The number of unbranched alkanes of at least 4 members (excludes halogenated alkanes) is 52. The average molecular weight is 1490 g/mol. The number of aliphatic hydroxyl groups is 1. The summed E-state index contributed by atoms with van der Waals surface area (Å²) in [6.45, 7) is 9.63. The summed E-state index contributed by atoms with van der Waals surface area (Å²) in [6, 6.07) is 0. The second-order valence-electron chi connectivity index (χ2n) is 30.8. The average Bonchev–Trinajstić information content (AvgIpc) is 0.907. The van der Waals surface area contributed by atoms with Crippen LogP contribution in [-0.4, -0.2) is 96.7 Å². The van der Waals surface area contributed by atoms with Crippen LogP contribution in [0, 0.1) is 11.8 Å². The smallest absolute Gasteiger partial charge is 0.462 e. The molecular formula is C83H162O17P2. The minimum Gasteiger partial charge on any atom is -0.462 e. The summed E-state index contributed by atoms with van der Waals surface area (Å²) in [5.41, 5.74) is 0. The molecule has 0 aromatic carbocycles. The predicted octanol–water partition coefficient (Wildman–Crippen LogP) is 25.1. The van der Waals surface area contributed by atoms with Crippen LogP contribution in [0.2, 0.25) is 0 Å². The molecule has 0 rings (SSSR count). The van der Waals surface area contributed by atoms with Crippen molar-refractivity contribution >= 4 is 39.5 Å². The van der Waals surface area contributed by atoms with E-state index < -0.39 is 97.5 Å². The monoisotopic (exact) mass is 1490 g/mol. The van der Waals surface area contributed by atoms with Crippen LogP contribution in [-0.2, 0) is 65.4 Å². The summed E-state index contributed by atoms with van der Waals surface area (Å²) in [7, 11) is -9.92. The maximum atomic E-state index is 13.1. The summed E-state index contributed by atoms with van der Waals surface area (Å²) in [6.07, 6.45) is 65.3. The lowest BCUT2D eigenvalue weighted by Crippen LogP contribution is -2.30. The molecule has 0 fully saturated rings. The van der Waals surface area contributed by atoms with Gasteiger partial charge in [0.05, 0.1) is 26.4 Å². The molecule has 0 amide bonds. The van der Waals surface area contributed by atoms with Crippen LogP contribution in [0.3, 0.4) is 0 Å². The van der Waals surface area contributed by atoms with Gasteiger partial charge in [0, 0.05) is 25.7 Å². The molecule has 0 aliphatic heterocycles. The fourth-order valence-electron chi connectivity index (χ4n) is 12.9. The molecule has 0 spiro atoms. The van der Waals surface area contributed by atoms with Crippen molar-refractivity contribution in [2.45, 2.75) is 458 Å². The fourth-order valence-corrected chi connectivity index (χ4v) is 14.5. The summed E-state index contributed by atoms with van der Waals surface area (Å²) in [5.74, 6) is -0.598. The fraction of sp³-hybridized carbons (Fsp3) is 0.952. The Morgan fingerprint density at radius 3 is 0.667 bits per heavy atom. The lowest BCUT2D eigenvalue weighted by atomic mass is 10.0. The quantitative estimate of drug-likeness (QED) is 0.0222. The zero-order valence-corrected chi connectivity index (χ0v) is 68.7. The van der Waals surface area contributed by atoms with Crippen LogP contribution in [0.1, 0.15) is 440 Å². The highest BCUT2D eigenvalue weighted by atomic mass is 31.2. The SMILES string of the molecule is CCCCCCCCCCCCCCCCCCCC(=O)OC[C@H](COP(=O)(O)OC[C@@H](O)COP(=O)(O)OC[C@@H](COC(=O)CCCCCCCCCC(C)C)OC(=O)CCCCCCCCCCCCCCCCCCC)OC(=O)CCCCCCCCCCCCCCCCCC(C)C. The zero-order valence-electron chi connectivity index (χ0n) is 66.9. The van der Waals surface area contributed by atoms with Gasteiger partial charge in [0.25, 0.3) is 0 Å². The molecule has 0 aliphatic carbocycles. The minimum absolute atomic E-state index is 0.108. The number of hydrogen-bond acceptors (Lipinski definition) is 15. The van der Waals surface area contributed by atoms with Crippen molar-refractivity contribution in [3.05, 3.63) is 0 Å². The first-order valence-corrected chi connectivity index (χ1v) is 46.0. The van der Waals surface area contributed by atoms with Crippen molar-refractivity contribution in [3.63, 3.8) is 0 Å². The van der Waals surface area contributed by atoms with Gasteiger partial charge < -0.3 is 33.8 Å². The van der Waals surface area contributed by atoms with E-state index in [1.807, 2.05) is 0 Å². The molecule has 0 heterocycles. The Bertz CT molecular complexity index is 1960. The number of esters is 4. The van der Waals surface area contributed by atoms with E-state index in [0.717, 1.165) is 102 Å². The van der Waals surface area contributed by atoms with Gasteiger partial charge in [-0.1, -0.05) is 388 Å². The van der Waals surface area contributed by atoms with Crippen molar-refractivity contribution in [2.24, 2.45) is 11.8 Å². The summed E-state index contributed by atoms with van der Waals surface area (Å²) < 4.78 is 68.8. The molecule has 2 unspecified atom stereocenters. The highest BCUT2D eigenvalue weighted by molar-refractivity contribution is 7.47. The lowest BCUT2D eigenvalue weighted by Gasteiger charge is -2.21. The molecule has 102 heavy (non-hydrogen) atoms. The van der Waals surface area contributed by atoms with E-state index in [-0.39, 0.29) is 25.7 Å². The molecule has 0 radical (unpaired) electrons.